The minimum Gasteiger partial charge on any atom is -0.480 e. The van der Waals surface area contributed by atoms with Crippen LogP contribution < -0.4 is 5.32 Å². The molecule has 6 heteroatoms. The Bertz CT molecular complexity index is 631. The molecule has 0 saturated carbocycles. The number of nitrogens with zero attached hydrogens (tertiary/aromatic N) is 2. The summed E-state index contributed by atoms with van der Waals surface area (Å²) in [4.78, 5) is 19.6. The normalized spacial score (nSPS) is 12.6. The predicted octanol–water partition coefficient (Wildman–Crippen LogP) is 3.19. The second-order valence-electron chi connectivity index (χ2n) is 5.05. The van der Waals surface area contributed by atoms with Gasteiger partial charge in [-0.1, -0.05) is 25.4 Å². The van der Waals surface area contributed by atoms with E-state index in [1.165, 1.54) is 6.33 Å². The number of aromatic nitrogens is 2. The monoisotopic (exact) mass is 293 g/mol. The zero-order valence-electron chi connectivity index (χ0n) is 11.3. The molecule has 2 rings (SSSR count). The smallest absolute Gasteiger partial charge is 0.326 e. The van der Waals surface area contributed by atoms with Gasteiger partial charge in [0.25, 0.3) is 0 Å². The maximum atomic E-state index is 11.3. The summed E-state index contributed by atoms with van der Waals surface area (Å²) < 4.78 is 0. The number of carboxylic acids is 1. The first-order chi connectivity index (χ1) is 9.47. The molecule has 106 valence electrons. The van der Waals surface area contributed by atoms with E-state index in [9.17, 15) is 9.90 Å². The molecule has 0 bridgehead atoms. The fraction of sp³-hybridized carbons (Fsp3) is 0.357. The molecule has 0 aliphatic heterocycles. The number of nitrogens with one attached hydrogen (secondary N) is 1. The molecule has 1 heterocycles. The van der Waals surface area contributed by atoms with Crippen LogP contribution in [0.5, 0.6) is 0 Å². The lowest BCUT2D eigenvalue weighted by molar-refractivity contribution is -0.138. The largest absolute Gasteiger partial charge is 0.480 e. The van der Waals surface area contributed by atoms with E-state index in [1.807, 2.05) is 13.8 Å². The number of hydrogen-bond donors (Lipinski definition) is 2. The standard InChI is InChI=1S/C14H16ClN3O2/c1-8(2)5-12(14(19)20)18-13-10-4-3-9(15)6-11(10)16-7-17-13/h3-4,6-8,12H,5H2,1-2H3,(H,19,20)(H,16,17,18)/t12-/m0/s1. The molecule has 2 N–H and O–H groups in total. The van der Waals surface area contributed by atoms with Crippen molar-refractivity contribution in [2.75, 3.05) is 5.32 Å². The van der Waals surface area contributed by atoms with Gasteiger partial charge in [0.15, 0.2) is 0 Å². The highest BCUT2D eigenvalue weighted by atomic mass is 35.5. The molecule has 0 fully saturated rings. The third-order valence-corrected chi connectivity index (χ3v) is 3.15. The fourth-order valence-electron chi connectivity index (χ4n) is 2.00. The first-order valence-electron chi connectivity index (χ1n) is 6.37. The molecule has 0 unspecified atom stereocenters. The van der Waals surface area contributed by atoms with Gasteiger partial charge in [-0.2, -0.15) is 0 Å². The summed E-state index contributed by atoms with van der Waals surface area (Å²) in [7, 11) is 0. The molecule has 2 aromatic rings. The van der Waals surface area contributed by atoms with E-state index in [4.69, 9.17) is 11.6 Å². The van der Waals surface area contributed by atoms with Crippen molar-refractivity contribution in [3.05, 3.63) is 29.5 Å². The SMILES string of the molecule is CC(C)C[C@H](Nc1ncnc2cc(Cl)ccc12)C(=O)O. The zero-order chi connectivity index (χ0) is 14.7. The lowest BCUT2D eigenvalue weighted by Gasteiger charge is -2.17. The molecule has 20 heavy (non-hydrogen) atoms. The van der Waals surface area contributed by atoms with Crippen LogP contribution in [0.2, 0.25) is 5.02 Å². The van der Waals surface area contributed by atoms with Gasteiger partial charge in [0.1, 0.15) is 18.2 Å². The number of anilines is 1. The minimum atomic E-state index is -0.889. The van der Waals surface area contributed by atoms with Gasteiger partial charge < -0.3 is 10.4 Å². The van der Waals surface area contributed by atoms with Crippen LogP contribution in [0.1, 0.15) is 20.3 Å². The molecule has 0 radical (unpaired) electrons. The number of aliphatic carboxylic acids is 1. The van der Waals surface area contributed by atoms with Crippen LogP contribution in [0.3, 0.4) is 0 Å². The highest BCUT2D eigenvalue weighted by molar-refractivity contribution is 6.31. The molecule has 1 aromatic carbocycles. The van der Waals surface area contributed by atoms with Crippen LogP contribution in [0.25, 0.3) is 10.9 Å². The molecular weight excluding hydrogens is 278 g/mol. The summed E-state index contributed by atoms with van der Waals surface area (Å²) in [5.74, 6) is -0.106. The summed E-state index contributed by atoms with van der Waals surface area (Å²) >= 11 is 5.92. The highest BCUT2D eigenvalue weighted by Gasteiger charge is 2.20. The molecule has 0 aliphatic rings. The average Bonchev–Trinajstić information content (AvgIpc) is 2.37. The van der Waals surface area contributed by atoms with Gasteiger partial charge in [-0.05, 0) is 30.5 Å². The third kappa shape index (κ3) is 3.36. The van der Waals surface area contributed by atoms with Crippen LogP contribution in [-0.2, 0) is 4.79 Å². The zero-order valence-corrected chi connectivity index (χ0v) is 12.1. The number of carboxylic acid groups (broad SMARTS) is 1. The van der Waals surface area contributed by atoms with Gasteiger partial charge in [0.05, 0.1) is 5.52 Å². The van der Waals surface area contributed by atoms with E-state index >= 15 is 0 Å². The van der Waals surface area contributed by atoms with Gasteiger partial charge >= 0.3 is 5.97 Å². The molecule has 1 aromatic heterocycles. The Morgan fingerprint density at radius 3 is 2.80 bits per heavy atom. The summed E-state index contributed by atoms with van der Waals surface area (Å²) in [6, 6.07) is 4.57. The second-order valence-corrected chi connectivity index (χ2v) is 5.48. The van der Waals surface area contributed by atoms with E-state index in [0.717, 1.165) is 5.39 Å². The van der Waals surface area contributed by atoms with Crippen molar-refractivity contribution in [2.24, 2.45) is 5.92 Å². The van der Waals surface area contributed by atoms with E-state index in [0.29, 0.717) is 22.8 Å². The molecule has 5 nitrogen and oxygen atoms in total. The van der Waals surface area contributed by atoms with Gasteiger partial charge in [0.2, 0.25) is 0 Å². The summed E-state index contributed by atoms with van der Waals surface area (Å²) in [6.45, 7) is 3.96. The number of halogens is 1. The van der Waals surface area contributed by atoms with Gasteiger partial charge in [0, 0.05) is 10.4 Å². The van der Waals surface area contributed by atoms with E-state index < -0.39 is 12.0 Å². The molecular formula is C14H16ClN3O2. The molecule has 1 atom stereocenters. The lowest BCUT2D eigenvalue weighted by Crippen LogP contribution is -2.31. The molecule has 0 spiro atoms. The summed E-state index contributed by atoms with van der Waals surface area (Å²) in [5.41, 5.74) is 0.684. The van der Waals surface area contributed by atoms with E-state index in [-0.39, 0.29) is 5.92 Å². The molecule has 0 aliphatic carbocycles. The Morgan fingerprint density at radius 2 is 2.15 bits per heavy atom. The first kappa shape index (κ1) is 14.5. The van der Waals surface area contributed by atoms with Crippen LogP contribution in [0.15, 0.2) is 24.5 Å². The van der Waals surface area contributed by atoms with Crippen molar-refractivity contribution in [3.8, 4) is 0 Å². The maximum absolute atomic E-state index is 11.3. The average molecular weight is 294 g/mol. The Balaban J connectivity index is 2.34. The lowest BCUT2D eigenvalue weighted by atomic mass is 10.0. The number of benzene rings is 1. The minimum absolute atomic E-state index is 0.270. The number of hydrogen-bond acceptors (Lipinski definition) is 4. The van der Waals surface area contributed by atoms with Crippen molar-refractivity contribution < 1.29 is 9.90 Å². The van der Waals surface area contributed by atoms with Crippen LogP contribution in [-0.4, -0.2) is 27.1 Å². The fourth-order valence-corrected chi connectivity index (χ4v) is 2.17. The van der Waals surface area contributed by atoms with Crippen molar-refractivity contribution in [2.45, 2.75) is 26.3 Å². The van der Waals surface area contributed by atoms with Gasteiger partial charge in [-0.15, -0.1) is 0 Å². The summed E-state index contributed by atoms with van der Waals surface area (Å²) in [6.07, 6.45) is 1.92. The van der Waals surface area contributed by atoms with E-state index in [2.05, 4.69) is 15.3 Å². The number of carbonyl (C=O) groups is 1. The van der Waals surface area contributed by atoms with Crippen LogP contribution >= 0.6 is 11.6 Å². The Hall–Kier alpha value is -1.88. The molecule has 0 amide bonds. The van der Waals surface area contributed by atoms with Gasteiger partial charge in [-0.3, -0.25) is 0 Å². The van der Waals surface area contributed by atoms with Crippen LogP contribution in [0.4, 0.5) is 5.82 Å². The number of rotatable bonds is 5. The quantitative estimate of drug-likeness (QED) is 0.885. The van der Waals surface area contributed by atoms with Gasteiger partial charge in [-0.25, -0.2) is 14.8 Å². The van der Waals surface area contributed by atoms with Crippen molar-refractivity contribution >= 4 is 34.3 Å². The topological polar surface area (TPSA) is 75.1 Å². The highest BCUT2D eigenvalue weighted by Crippen LogP contribution is 2.23. The molecule has 0 saturated heterocycles. The Kier molecular flexibility index (Phi) is 4.39. The first-order valence-corrected chi connectivity index (χ1v) is 6.74. The Labute approximate surface area is 122 Å². The van der Waals surface area contributed by atoms with Crippen LogP contribution in [0, 0.1) is 5.92 Å². The summed E-state index contributed by atoms with van der Waals surface area (Å²) in [5, 5.41) is 13.6. The maximum Gasteiger partial charge on any atom is 0.326 e. The van der Waals surface area contributed by atoms with Crippen molar-refractivity contribution in [3.63, 3.8) is 0 Å². The number of fused-ring (bicyclic) bond motifs is 1. The van der Waals surface area contributed by atoms with Crippen molar-refractivity contribution in [1.82, 2.24) is 9.97 Å². The second kappa shape index (κ2) is 6.05. The van der Waals surface area contributed by atoms with Crippen molar-refractivity contribution in [1.29, 1.82) is 0 Å². The Morgan fingerprint density at radius 1 is 1.40 bits per heavy atom. The third-order valence-electron chi connectivity index (χ3n) is 2.91. The predicted molar refractivity (Wildman–Crippen MR) is 79.0 cm³/mol. The van der Waals surface area contributed by atoms with E-state index in [1.54, 1.807) is 18.2 Å².